The molecule has 5 heteroatoms. The van der Waals surface area contributed by atoms with Gasteiger partial charge in [0.05, 0.1) is 6.61 Å². The molecule has 4 nitrogen and oxygen atoms in total. The first-order valence-electron chi connectivity index (χ1n) is 4.17. The lowest BCUT2D eigenvalue weighted by Gasteiger charge is -2.08. The van der Waals surface area contributed by atoms with E-state index in [9.17, 15) is 8.42 Å². The van der Waals surface area contributed by atoms with E-state index in [2.05, 4.69) is 0 Å². The summed E-state index contributed by atoms with van der Waals surface area (Å²) in [5, 5.41) is 0. The number of anilines is 1. The van der Waals surface area contributed by atoms with Crippen LogP contribution in [0, 0.1) is 0 Å². The topological polar surface area (TPSA) is 69.4 Å². The lowest BCUT2D eigenvalue weighted by Crippen LogP contribution is -2.03. The fourth-order valence-electron chi connectivity index (χ4n) is 1.09. The van der Waals surface area contributed by atoms with E-state index in [1.54, 1.807) is 19.1 Å². The van der Waals surface area contributed by atoms with Crippen molar-refractivity contribution in [3.05, 3.63) is 18.2 Å². The number of nitrogens with two attached hydrogens (primary N) is 1. The zero-order chi connectivity index (χ0) is 10.8. The van der Waals surface area contributed by atoms with Gasteiger partial charge in [-0.25, -0.2) is 8.42 Å². The SMILES string of the molecule is CCOc1ccc(N)cc1S(C)(=O)=O. The van der Waals surface area contributed by atoms with Crippen molar-refractivity contribution in [3.63, 3.8) is 0 Å². The largest absolute Gasteiger partial charge is 0.493 e. The molecule has 0 aliphatic heterocycles. The predicted molar refractivity (Wildman–Crippen MR) is 55.1 cm³/mol. The van der Waals surface area contributed by atoms with Crippen LogP contribution >= 0.6 is 0 Å². The van der Waals surface area contributed by atoms with Crippen molar-refractivity contribution in [2.75, 3.05) is 18.6 Å². The molecule has 0 amide bonds. The molecular weight excluding hydrogens is 202 g/mol. The van der Waals surface area contributed by atoms with Crippen LogP contribution in [0.15, 0.2) is 23.1 Å². The standard InChI is InChI=1S/C9H13NO3S/c1-3-13-8-5-4-7(10)6-9(8)14(2,11)12/h4-6H,3,10H2,1-2H3. The van der Waals surface area contributed by atoms with Crippen LogP contribution < -0.4 is 10.5 Å². The Morgan fingerprint density at radius 3 is 2.57 bits per heavy atom. The summed E-state index contributed by atoms with van der Waals surface area (Å²) in [5.74, 6) is 0.351. The Morgan fingerprint density at radius 1 is 1.43 bits per heavy atom. The highest BCUT2D eigenvalue weighted by molar-refractivity contribution is 7.90. The molecule has 0 unspecified atom stereocenters. The lowest BCUT2D eigenvalue weighted by atomic mass is 10.3. The molecule has 0 saturated heterocycles. The third-order valence-corrected chi connectivity index (χ3v) is 2.79. The zero-order valence-electron chi connectivity index (χ0n) is 8.15. The minimum atomic E-state index is -3.28. The maximum absolute atomic E-state index is 11.3. The molecule has 0 aliphatic rings. The van der Waals surface area contributed by atoms with E-state index in [1.165, 1.54) is 6.07 Å². The molecule has 2 N–H and O–H groups in total. The number of hydrogen-bond donors (Lipinski definition) is 1. The summed E-state index contributed by atoms with van der Waals surface area (Å²) in [7, 11) is -3.28. The van der Waals surface area contributed by atoms with Crippen molar-refractivity contribution in [1.29, 1.82) is 0 Å². The monoisotopic (exact) mass is 215 g/mol. The second kappa shape index (κ2) is 3.88. The maximum Gasteiger partial charge on any atom is 0.179 e. The van der Waals surface area contributed by atoms with Crippen LogP contribution in [0.3, 0.4) is 0 Å². The van der Waals surface area contributed by atoms with Gasteiger partial charge in [0.2, 0.25) is 0 Å². The second-order valence-corrected chi connectivity index (χ2v) is 4.90. The Balaban J connectivity index is 3.30. The molecule has 14 heavy (non-hydrogen) atoms. The molecule has 1 aromatic rings. The first-order chi connectivity index (χ1) is 6.45. The number of hydrogen-bond acceptors (Lipinski definition) is 4. The summed E-state index contributed by atoms with van der Waals surface area (Å²) >= 11 is 0. The summed E-state index contributed by atoms with van der Waals surface area (Å²) in [6.45, 7) is 2.22. The Kier molecular flexibility index (Phi) is 3.00. The molecule has 0 fully saturated rings. The Bertz CT molecular complexity index is 426. The summed E-state index contributed by atoms with van der Waals surface area (Å²) in [6.07, 6.45) is 1.13. The highest BCUT2D eigenvalue weighted by atomic mass is 32.2. The van der Waals surface area contributed by atoms with E-state index in [0.717, 1.165) is 6.26 Å². The van der Waals surface area contributed by atoms with Crippen molar-refractivity contribution in [2.45, 2.75) is 11.8 Å². The van der Waals surface area contributed by atoms with Gasteiger partial charge in [0.15, 0.2) is 9.84 Å². The number of nitrogen functional groups attached to an aromatic ring is 1. The van der Waals surface area contributed by atoms with E-state index in [4.69, 9.17) is 10.5 Å². The van der Waals surface area contributed by atoms with Crippen molar-refractivity contribution >= 4 is 15.5 Å². The molecule has 0 heterocycles. The summed E-state index contributed by atoms with van der Waals surface area (Å²) < 4.78 is 27.9. The number of rotatable bonds is 3. The molecule has 0 radical (unpaired) electrons. The molecule has 0 atom stereocenters. The van der Waals surface area contributed by atoms with Gasteiger partial charge in [-0.1, -0.05) is 0 Å². The van der Waals surface area contributed by atoms with Crippen LogP contribution in [0.25, 0.3) is 0 Å². The van der Waals surface area contributed by atoms with Gasteiger partial charge in [0.1, 0.15) is 10.6 Å². The fraction of sp³-hybridized carbons (Fsp3) is 0.333. The molecule has 0 saturated carbocycles. The van der Waals surface area contributed by atoms with Gasteiger partial charge < -0.3 is 10.5 Å². The second-order valence-electron chi connectivity index (χ2n) is 2.91. The van der Waals surface area contributed by atoms with Gasteiger partial charge in [-0.3, -0.25) is 0 Å². The molecule has 1 aromatic carbocycles. The summed E-state index contributed by atoms with van der Waals surface area (Å²) in [6, 6.07) is 4.58. The number of ether oxygens (including phenoxy) is 1. The van der Waals surface area contributed by atoms with Crippen LogP contribution in [-0.2, 0) is 9.84 Å². The van der Waals surface area contributed by atoms with Crippen LogP contribution in [0.1, 0.15) is 6.92 Å². The minimum absolute atomic E-state index is 0.138. The van der Waals surface area contributed by atoms with Gasteiger partial charge in [0.25, 0.3) is 0 Å². The van der Waals surface area contributed by atoms with E-state index in [1.807, 2.05) is 0 Å². The highest BCUT2D eigenvalue weighted by Gasteiger charge is 2.14. The molecule has 1 rings (SSSR count). The Hall–Kier alpha value is -1.23. The van der Waals surface area contributed by atoms with Crippen LogP contribution in [0.5, 0.6) is 5.75 Å². The number of benzene rings is 1. The minimum Gasteiger partial charge on any atom is -0.493 e. The zero-order valence-corrected chi connectivity index (χ0v) is 8.97. The third kappa shape index (κ3) is 2.38. The Labute approximate surface area is 83.6 Å². The lowest BCUT2D eigenvalue weighted by molar-refractivity contribution is 0.331. The van der Waals surface area contributed by atoms with Crippen molar-refractivity contribution in [1.82, 2.24) is 0 Å². The number of sulfone groups is 1. The van der Waals surface area contributed by atoms with Gasteiger partial charge in [-0.2, -0.15) is 0 Å². The molecule has 0 spiro atoms. The molecule has 0 aromatic heterocycles. The smallest absolute Gasteiger partial charge is 0.179 e. The van der Waals surface area contributed by atoms with Crippen molar-refractivity contribution < 1.29 is 13.2 Å². The van der Waals surface area contributed by atoms with Gasteiger partial charge in [-0.15, -0.1) is 0 Å². The Morgan fingerprint density at radius 2 is 2.07 bits per heavy atom. The maximum atomic E-state index is 11.3. The van der Waals surface area contributed by atoms with Gasteiger partial charge >= 0.3 is 0 Å². The molecular formula is C9H13NO3S. The van der Waals surface area contributed by atoms with E-state index in [0.29, 0.717) is 18.0 Å². The van der Waals surface area contributed by atoms with Crippen molar-refractivity contribution in [2.24, 2.45) is 0 Å². The molecule has 0 aliphatic carbocycles. The van der Waals surface area contributed by atoms with Crippen LogP contribution in [0.2, 0.25) is 0 Å². The average Bonchev–Trinajstić information content (AvgIpc) is 2.07. The predicted octanol–water partition coefficient (Wildman–Crippen LogP) is 1.07. The molecule has 78 valence electrons. The summed E-state index contributed by atoms with van der Waals surface area (Å²) in [5.41, 5.74) is 5.91. The van der Waals surface area contributed by atoms with Crippen LogP contribution in [0.4, 0.5) is 5.69 Å². The van der Waals surface area contributed by atoms with E-state index >= 15 is 0 Å². The first-order valence-corrected chi connectivity index (χ1v) is 6.06. The first kappa shape index (κ1) is 10.8. The van der Waals surface area contributed by atoms with Crippen LogP contribution in [-0.4, -0.2) is 21.3 Å². The van der Waals surface area contributed by atoms with E-state index < -0.39 is 9.84 Å². The third-order valence-electron chi connectivity index (χ3n) is 1.67. The quantitative estimate of drug-likeness (QED) is 0.766. The van der Waals surface area contributed by atoms with Gasteiger partial charge in [-0.05, 0) is 25.1 Å². The summed E-state index contributed by atoms with van der Waals surface area (Å²) in [4.78, 5) is 0.138. The average molecular weight is 215 g/mol. The normalized spacial score (nSPS) is 11.3. The van der Waals surface area contributed by atoms with Gasteiger partial charge in [0, 0.05) is 11.9 Å². The fourth-order valence-corrected chi connectivity index (χ4v) is 1.93. The highest BCUT2D eigenvalue weighted by Crippen LogP contribution is 2.25. The molecule has 0 bridgehead atoms. The van der Waals surface area contributed by atoms with Crippen molar-refractivity contribution in [3.8, 4) is 5.75 Å². The van der Waals surface area contributed by atoms with E-state index in [-0.39, 0.29) is 4.90 Å².